The lowest BCUT2D eigenvalue weighted by Crippen LogP contribution is -2.19. The predicted octanol–water partition coefficient (Wildman–Crippen LogP) is 3.39. The second-order valence-corrected chi connectivity index (χ2v) is 6.36. The van der Waals surface area contributed by atoms with Crippen LogP contribution in [0.3, 0.4) is 0 Å². The SMILES string of the molecule is Cc1nccc(-c2cccc(NC(=O)CCn3c(=O)oc4ccccc43)c2)n1. The number of hydrogen-bond donors (Lipinski definition) is 1. The lowest BCUT2D eigenvalue weighted by atomic mass is 10.1. The minimum Gasteiger partial charge on any atom is -0.408 e. The summed E-state index contributed by atoms with van der Waals surface area (Å²) in [5.41, 5.74) is 3.55. The highest BCUT2D eigenvalue weighted by atomic mass is 16.4. The van der Waals surface area contributed by atoms with E-state index < -0.39 is 5.76 Å². The number of aromatic nitrogens is 3. The quantitative estimate of drug-likeness (QED) is 0.578. The van der Waals surface area contributed by atoms with Gasteiger partial charge in [0.2, 0.25) is 5.91 Å². The minimum absolute atomic E-state index is 0.153. The summed E-state index contributed by atoms with van der Waals surface area (Å²) >= 11 is 0. The van der Waals surface area contributed by atoms with Crippen molar-refractivity contribution in [1.82, 2.24) is 14.5 Å². The van der Waals surface area contributed by atoms with E-state index in [-0.39, 0.29) is 18.9 Å². The Kier molecular flexibility index (Phi) is 4.72. The minimum atomic E-state index is -0.463. The van der Waals surface area contributed by atoms with E-state index in [4.69, 9.17) is 4.42 Å². The molecule has 28 heavy (non-hydrogen) atoms. The first-order valence-electron chi connectivity index (χ1n) is 8.88. The van der Waals surface area contributed by atoms with E-state index in [9.17, 15) is 9.59 Å². The second kappa shape index (κ2) is 7.48. The fourth-order valence-corrected chi connectivity index (χ4v) is 3.04. The third-order valence-electron chi connectivity index (χ3n) is 4.35. The van der Waals surface area contributed by atoms with Crippen molar-refractivity contribution in [1.29, 1.82) is 0 Å². The summed E-state index contributed by atoms with van der Waals surface area (Å²) < 4.78 is 6.65. The maximum absolute atomic E-state index is 12.4. The van der Waals surface area contributed by atoms with Gasteiger partial charge in [0, 0.05) is 30.4 Å². The van der Waals surface area contributed by atoms with Crippen molar-refractivity contribution in [2.75, 3.05) is 5.32 Å². The molecule has 0 aliphatic carbocycles. The molecule has 4 aromatic rings. The number of anilines is 1. The zero-order valence-electron chi connectivity index (χ0n) is 15.3. The van der Waals surface area contributed by atoms with Crippen molar-refractivity contribution in [3.63, 3.8) is 0 Å². The molecule has 2 aromatic heterocycles. The molecular weight excluding hydrogens is 356 g/mol. The van der Waals surface area contributed by atoms with Gasteiger partial charge in [-0.25, -0.2) is 14.8 Å². The Morgan fingerprint density at radius 2 is 2.00 bits per heavy atom. The molecule has 1 amide bonds. The smallest absolute Gasteiger partial charge is 0.408 e. The first-order chi connectivity index (χ1) is 13.6. The number of rotatable bonds is 5. The van der Waals surface area contributed by atoms with Crippen LogP contribution in [0.15, 0.2) is 70.0 Å². The van der Waals surface area contributed by atoms with Crippen molar-refractivity contribution in [3.05, 3.63) is 77.2 Å². The van der Waals surface area contributed by atoms with E-state index in [2.05, 4.69) is 15.3 Å². The van der Waals surface area contributed by atoms with Gasteiger partial charge in [-0.3, -0.25) is 9.36 Å². The Hall–Kier alpha value is -3.74. The van der Waals surface area contributed by atoms with E-state index in [0.717, 1.165) is 11.3 Å². The van der Waals surface area contributed by atoms with Crippen LogP contribution in [0.2, 0.25) is 0 Å². The Labute approximate surface area is 160 Å². The molecule has 2 heterocycles. The van der Waals surface area contributed by atoms with Crippen molar-refractivity contribution < 1.29 is 9.21 Å². The molecule has 0 fully saturated rings. The number of carbonyl (C=O) groups is 1. The maximum Gasteiger partial charge on any atom is 0.419 e. The van der Waals surface area contributed by atoms with Crippen LogP contribution >= 0.6 is 0 Å². The Morgan fingerprint density at radius 1 is 1.14 bits per heavy atom. The van der Waals surface area contributed by atoms with E-state index in [1.807, 2.05) is 43.3 Å². The number of nitrogens with one attached hydrogen (secondary N) is 1. The third-order valence-corrected chi connectivity index (χ3v) is 4.35. The Balaban J connectivity index is 1.46. The standard InChI is InChI=1S/C21H18N4O3/c1-14-22-11-9-17(23-14)15-5-4-6-16(13-15)24-20(26)10-12-25-18-7-2-3-8-19(18)28-21(25)27/h2-9,11,13H,10,12H2,1H3,(H,24,26). The molecule has 0 unspecified atom stereocenters. The summed E-state index contributed by atoms with van der Waals surface area (Å²) in [5.74, 6) is 0.0352. The van der Waals surface area contributed by atoms with Gasteiger partial charge in [0.15, 0.2) is 5.58 Å². The van der Waals surface area contributed by atoms with Gasteiger partial charge < -0.3 is 9.73 Å². The summed E-state index contributed by atoms with van der Waals surface area (Å²) in [5, 5.41) is 2.87. The molecule has 7 nitrogen and oxygen atoms in total. The Bertz CT molecular complexity index is 1210. The molecule has 0 atom stereocenters. The van der Waals surface area contributed by atoms with E-state index >= 15 is 0 Å². The van der Waals surface area contributed by atoms with Crippen LogP contribution in [0.5, 0.6) is 0 Å². The van der Waals surface area contributed by atoms with Gasteiger partial charge in [0.05, 0.1) is 11.2 Å². The molecule has 1 N–H and O–H groups in total. The molecule has 4 rings (SSSR count). The van der Waals surface area contributed by atoms with Gasteiger partial charge in [0.25, 0.3) is 0 Å². The molecule has 0 aliphatic rings. The average molecular weight is 374 g/mol. The molecule has 0 spiro atoms. The van der Waals surface area contributed by atoms with Crippen LogP contribution in [0.1, 0.15) is 12.2 Å². The molecule has 2 aromatic carbocycles. The molecule has 140 valence electrons. The van der Waals surface area contributed by atoms with Gasteiger partial charge in [-0.2, -0.15) is 0 Å². The number of aryl methyl sites for hydroxylation is 2. The maximum atomic E-state index is 12.4. The fourth-order valence-electron chi connectivity index (χ4n) is 3.04. The van der Waals surface area contributed by atoms with Crippen LogP contribution < -0.4 is 11.1 Å². The fraction of sp³-hybridized carbons (Fsp3) is 0.143. The van der Waals surface area contributed by atoms with Crippen LogP contribution in [-0.4, -0.2) is 20.4 Å². The number of oxazole rings is 1. The van der Waals surface area contributed by atoms with E-state index in [0.29, 0.717) is 22.6 Å². The lowest BCUT2D eigenvalue weighted by Gasteiger charge is -2.08. The number of hydrogen-bond acceptors (Lipinski definition) is 5. The zero-order valence-corrected chi connectivity index (χ0v) is 15.3. The number of benzene rings is 2. The third kappa shape index (κ3) is 3.68. The normalized spacial score (nSPS) is 10.9. The van der Waals surface area contributed by atoms with E-state index in [1.165, 1.54) is 4.57 Å². The summed E-state index contributed by atoms with van der Waals surface area (Å²) in [6.45, 7) is 2.07. The largest absolute Gasteiger partial charge is 0.419 e. The molecule has 0 radical (unpaired) electrons. The van der Waals surface area contributed by atoms with Gasteiger partial charge in [-0.05, 0) is 37.3 Å². The van der Waals surface area contributed by atoms with Crippen LogP contribution in [-0.2, 0) is 11.3 Å². The van der Waals surface area contributed by atoms with Gasteiger partial charge in [0.1, 0.15) is 5.82 Å². The van der Waals surface area contributed by atoms with Crippen molar-refractivity contribution in [2.45, 2.75) is 19.9 Å². The number of nitrogens with zero attached hydrogens (tertiary/aromatic N) is 3. The molecule has 0 saturated heterocycles. The van der Waals surface area contributed by atoms with Crippen LogP contribution in [0.4, 0.5) is 5.69 Å². The molecule has 7 heteroatoms. The summed E-state index contributed by atoms with van der Waals surface area (Å²) in [4.78, 5) is 32.9. The molecular formula is C21H18N4O3. The molecule has 0 aliphatic heterocycles. The first-order valence-corrected chi connectivity index (χ1v) is 8.88. The highest BCUT2D eigenvalue weighted by Gasteiger charge is 2.11. The topological polar surface area (TPSA) is 90.0 Å². The summed E-state index contributed by atoms with van der Waals surface area (Å²) in [7, 11) is 0. The number of para-hydroxylation sites is 2. The lowest BCUT2D eigenvalue weighted by molar-refractivity contribution is -0.116. The Morgan fingerprint density at radius 3 is 2.86 bits per heavy atom. The van der Waals surface area contributed by atoms with Crippen LogP contribution in [0.25, 0.3) is 22.4 Å². The van der Waals surface area contributed by atoms with Gasteiger partial charge in [-0.15, -0.1) is 0 Å². The van der Waals surface area contributed by atoms with Crippen molar-refractivity contribution >= 4 is 22.7 Å². The number of carbonyl (C=O) groups excluding carboxylic acids is 1. The molecule has 0 saturated carbocycles. The van der Waals surface area contributed by atoms with Crippen molar-refractivity contribution in [3.8, 4) is 11.3 Å². The summed E-state index contributed by atoms with van der Waals surface area (Å²) in [6.07, 6.45) is 1.86. The second-order valence-electron chi connectivity index (χ2n) is 6.36. The highest BCUT2D eigenvalue weighted by Crippen LogP contribution is 2.21. The number of amides is 1. The van der Waals surface area contributed by atoms with E-state index in [1.54, 1.807) is 24.4 Å². The first kappa shape index (κ1) is 17.7. The van der Waals surface area contributed by atoms with Gasteiger partial charge >= 0.3 is 5.76 Å². The summed E-state index contributed by atoms with van der Waals surface area (Å²) in [6, 6.07) is 16.4. The monoisotopic (exact) mass is 374 g/mol. The average Bonchev–Trinajstić information content (AvgIpc) is 3.01. The van der Waals surface area contributed by atoms with Gasteiger partial charge in [-0.1, -0.05) is 24.3 Å². The van der Waals surface area contributed by atoms with Crippen LogP contribution in [0, 0.1) is 6.92 Å². The number of fused-ring (bicyclic) bond motifs is 1. The zero-order chi connectivity index (χ0) is 19.5. The molecule has 0 bridgehead atoms. The van der Waals surface area contributed by atoms with Crippen molar-refractivity contribution in [2.24, 2.45) is 0 Å². The predicted molar refractivity (Wildman–Crippen MR) is 106 cm³/mol. The highest BCUT2D eigenvalue weighted by molar-refractivity contribution is 5.91.